The molecule has 1 atom stereocenters. The number of aromatic nitrogens is 3. The monoisotopic (exact) mass is 336 g/mol. The lowest BCUT2D eigenvalue weighted by Gasteiger charge is -2.19. The molecule has 0 aliphatic rings. The Morgan fingerprint density at radius 2 is 2.10 bits per heavy atom. The third-order valence-electron chi connectivity index (χ3n) is 3.40. The lowest BCUT2D eigenvalue weighted by atomic mass is 10.0. The summed E-state index contributed by atoms with van der Waals surface area (Å²) in [6, 6.07) is 6.96. The van der Waals surface area contributed by atoms with Gasteiger partial charge >= 0.3 is 0 Å². The highest BCUT2D eigenvalue weighted by atomic mass is 79.9. The second-order valence-corrected chi connectivity index (χ2v) is 6.14. The molecule has 20 heavy (non-hydrogen) atoms. The number of nitrogens with zero attached hydrogens (tertiary/aromatic N) is 3. The zero-order chi connectivity index (χ0) is 14.7. The first-order valence-electron chi connectivity index (χ1n) is 6.84. The standard InChI is InChI=1S/C15H21BrN4/c1-10(2)20-15(18-9-19-20)8-14(17-4)12-7-11(3)5-6-13(12)16/h5-7,9-10,14,17H,8H2,1-4H3. The average molecular weight is 337 g/mol. The minimum Gasteiger partial charge on any atom is -0.313 e. The van der Waals surface area contributed by atoms with Crippen molar-refractivity contribution in [1.29, 1.82) is 0 Å². The highest BCUT2D eigenvalue weighted by Crippen LogP contribution is 2.27. The molecule has 4 nitrogen and oxygen atoms in total. The summed E-state index contributed by atoms with van der Waals surface area (Å²) in [5.41, 5.74) is 2.51. The van der Waals surface area contributed by atoms with E-state index in [0.717, 1.165) is 16.7 Å². The second kappa shape index (κ2) is 6.50. The topological polar surface area (TPSA) is 42.7 Å². The molecule has 0 saturated carbocycles. The van der Waals surface area contributed by atoms with Crippen LogP contribution in [0.1, 0.15) is 42.9 Å². The van der Waals surface area contributed by atoms with Crippen LogP contribution in [-0.4, -0.2) is 21.8 Å². The van der Waals surface area contributed by atoms with Crippen molar-refractivity contribution in [1.82, 2.24) is 20.1 Å². The Balaban J connectivity index is 2.29. The highest BCUT2D eigenvalue weighted by molar-refractivity contribution is 9.10. The molecular weight excluding hydrogens is 316 g/mol. The molecule has 0 radical (unpaired) electrons. The highest BCUT2D eigenvalue weighted by Gasteiger charge is 2.17. The molecule has 1 N–H and O–H groups in total. The summed E-state index contributed by atoms with van der Waals surface area (Å²) in [5, 5.41) is 7.68. The first-order valence-corrected chi connectivity index (χ1v) is 7.64. The SMILES string of the molecule is CNC(Cc1ncnn1C(C)C)c1cc(C)ccc1Br. The van der Waals surface area contributed by atoms with Crippen molar-refractivity contribution in [3.63, 3.8) is 0 Å². The third-order valence-corrected chi connectivity index (χ3v) is 4.12. The van der Waals surface area contributed by atoms with Crippen molar-refractivity contribution in [2.75, 3.05) is 7.05 Å². The lowest BCUT2D eigenvalue weighted by Crippen LogP contribution is -2.22. The maximum Gasteiger partial charge on any atom is 0.138 e. The number of nitrogens with one attached hydrogen (secondary N) is 1. The van der Waals surface area contributed by atoms with Crippen molar-refractivity contribution < 1.29 is 0 Å². The molecule has 1 heterocycles. The Bertz CT molecular complexity index is 577. The number of aryl methyl sites for hydroxylation is 1. The number of rotatable bonds is 5. The van der Waals surface area contributed by atoms with Crippen LogP contribution >= 0.6 is 15.9 Å². The summed E-state index contributed by atoms with van der Waals surface area (Å²) in [6.07, 6.45) is 2.45. The van der Waals surface area contributed by atoms with Gasteiger partial charge in [0.25, 0.3) is 0 Å². The Morgan fingerprint density at radius 3 is 2.75 bits per heavy atom. The van der Waals surface area contributed by atoms with Crippen molar-refractivity contribution in [3.8, 4) is 0 Å². The molecule has 0 fully saturated rings. The van der Waals surface area contributed by atoms with Crippen molar-refractivity contribution in [3.05, 3.63) is 46.0 Å². The summed E-state index contributed by atoms with van der Waals surface area (Å²) in [4.78, 5) is 4.40. The van der Waals surface area contributed by atoms with E-state index in [4.69, 9.17) is 0 Å². The number of benzene rings is 1. The minimum absolute atomic E-state index is 0.214. The molecule has 108 valence electrons. The Labute approximate surface area is 128 Å². The number of hydrogen-bond donors (Lipinski definition) is 1. The third kappa shape index (κ3) is 3.27. The lowest BCUT2D eigenvalue weighted by molar-refractivity contribution is 0.477. The van der Waals surface area contributed by atoms with Crippen LogP contribution < -0.4 is 5.32 Å². The van der Waals surface area contributed by atoms with Crippen LogP contribution in [0.3, 0.4) is 0 Å². The first kappa shape index (κ1) is 15.2. The predicted octanol–water partition coefficient (Wildman–Crippen LogP) is 3.43. The Morgan fingerprint density at radius 1 is 1.35 bits per heavy atom. The van der Waals surface area contributed by atoms with Gasteiger partial charge < -0.3 is 5.32 Å². The van der Waals surface area contributed by atoms with Crippen LogP contribution in [0.15, 0.2) is 29.0 Å². The summed E-state index contributed by atoms with van der Waals surface area (Å²) in [7, 11) is 1.98. The van der Waals surface area contributed by atoms with Crippen molar-refractivity contribution in [2.45, 2.75) is 39.3 Å². The number of hydrogen-bond acceptors (Lipinski definition) is 3. The fourth-order valence-corrected chi connectivity index (χ4v) is 2.85. The molecule has 0 spiro atoms. The first-order chi connectivity index (χ1) is 9.52. The maximum absolute atomic E-state index is 4.40. The molecule has 0 aliphatic carbocycles. The minimum atomic E-state index is 0.214. The predicted molar refractivity (Wildman–Crippen MR) is 84.8 cm³/mol. The summed E-state index contributed by atoms with van der Waals surface area (Å²) in [5.74, 6) is 1.01. The molecule has 1 aromatic heterocycles. The Kier molecular flexibility index (Phi) is 4.94. The Hall–Kier alpha value is -1.20. The smallest absolute Gasteiger partial charge is 0.138 e. The van der Waals surface area contributed by atoms with Gasteiger partial charge in [-0.05, 0) is 39.4 Å². The molecule has 5 heteroatoms. The van der Waals surface area contributed by atoms with Crippen LogP contribution in [-0.2, 0) is 6.42 Å². The van der Waals surface area contributed by atoms with E-state index in [1.165, 1.54) is 11.1 Å². The van der Waals surface area contributed by atoms with E-state index in [2.05, 4.69) is 70.3 Å². The summed E-state index contributed by atoms with van der Waals surface area (Å²) in [6.45, 7) is 6.35. The van der Waals surface area contributed by atoms with Gasteiger partial charge in [0, 0.05) is 23.0 Å². The van der Waals surface area contributed by atoms with E-state index in [9.17, 15) is 0 Å². The van der Waals surface area contributed by atoms with E-state index >= 15 is 0 Å². The molecule has 2 rings (SSSR count). The van der Waals surface area contributed by atoms with Gasteiger partial charge in [-0.25, -0.2) is 9.67 Å². The van der Waals surface area contributed by atoms with Gasteiger partial charge in [0.2, 0.25) is 0 Å². The number of likely N-dealkylation sites (N-methyl/N-ethyl adjacent to an activating group) is 1. The van der Waals surface area contributed by atoms with Crippen molar-refractivity contribution in [2.24, 2.45) is 0 Å². The van der Waals surface area contributed by atoms with Crippen LogP contribution in [0.2, 0.25) is 0 Å². The number of halogens is 1. The largest absolute Gasteiger partial charge is 0.313 e. The zero-order valence-electron chi connectivity index (χ0n) is 12.4. The summed E-state index contributed by atoms with van der Waals surface area (Å²) >= 11 is 3.64. The van der Waals surface area contributed by atoms with E-state index in [1.54, 1.807) is 6.33 Å². The van der Waals surface area contributed by atoms with Crippen LogP contribution in [0.4, 0.5) is 0 Å². The van der Waals surface area contributed by atoms with Crippen LogP contribution in [0.25, 0.3) is 0 Å². The molecule has 2 aromatic rings. The van der Waals surface area contributed by atoms with Gasteiger partial charge in [0.15, 0.2) is 0 Å². The molecule has 0 bridgehead atoms. The van der Waals surface area contributed by atoms with Gasteiger partial charge in [-0.1, -0.05) is 33.6 Å². The van der Waals surface area contributed by atoms with Gasteiger partial charge in [0.05, 0.1) is 0 Å². The normalized spacial score (nSPS) is 12.9. The van der Waals surface area contributed by atoms with Crippen LogP contribution in [0.5, 0.6) is 0 Å². The van der Waals surface area contributed by atoms with Gasteiger partial charge in [0.1, 0.15) is 12.2 Å². The van der Waals surface area contributed by atoms with Gasteiger partial charge in [-0.2, -0.15) is 5.10 Å². The second-order valence-electron chi connectivity index (χ2n) is 5.28. The van der Waals surface area contributed by atoms with Crippen molar-refractivity contribution >= 4 is 15.9 Å². The van der Waals surface area contributed by atoms with Gasteiger partial charge in [-0.15, -0.1) is 0 Å². The molecule has 0 saturated heterocycles. The van der Waals surface area contributed by atoms with E-state index in [0.29, 0.717) is 6.04 Å². The summed E-state index contributed by atoms with van der Waals surface area (Å²) < 4.78 is 3.10. The molecule has 0 aliphatic heterocycles. The van der Waals surface area contributed by atoms with E-state index < -0.39 is 0 Å². The maximum atomic E-state index is 4.40. The quantitative estimate of drug-likeness (QED) is 0.909. The fraction of sp³-hybridized carbons (Fsp3) is 0.467. The van der Waals surface area contributed by atoms with Crippen LogP contribution in [0, 0.1) is 6.92 Å². The average Bonchev–Trinajstić information content (AvgIpc) is 2.87. The molecule has 1 aromatic carbocycles. The zero-order valence-corrected chi connectivity index (χ0v) is 14.0. The van der Waals surface area contributed by atoms with E-state index in [1.807, 2.05) is 11.7 Å². The molecule has 0 amide bonds. The fourth-order valence-electron chi connectivity index (χ4n) is 2.33. The molecular formula is C15H21BrN4. The molecule has 1 unspecified atom stereocenters. The van der Waals surface area contributed by atoms with Gasteiger partial charge in [-0.3, -0.25) is 0 Å². The van der Waals surface area contributed by atoms with E-state index in [-0.39, 0.29) is 6.04 Å².